The summed E-state index contributed by atoms with van der Waals surface area (Å²) in [5.74, 6) is 0.295. The van der Waals surface area contributed by atoms with Gasteiger partial charge in [-0.05, 0) is 44.9 Å². The topological polar surface area (TPSA) is 29.1 Å². The lowest BCUT2D eigenvalue weighted by atomic mass is 9.96. The highest BCUT2D eigenvalue weighted by Crippen LogP contribution is 2.17. The molecule has 0 aromatic heterocycles. The summed E-state index contributed by atoms with van der Waals surface area (Å²) in [6.45, 7) is 2.28. The first kappa shape index (κ1) is 25.2. The minimum Gasteiger partial charge on any atom is -0.353 e. The fourth-order valence-electron chi connectivity index (χ4n) is 4.26. The zero-order chi connectivity index (χ0) is 20.1. The molecule has 0 atom stereocenters. The maximum Gasteiger partial charge on any atom is 0.220 e. The molecule has 0 spiro atoms. The number of unbranched alkanes of at least 4 members (excludes halogenated alkanes) is 11. The van der Waals surface area contributed by atoms with Gasteiger partial charge in [-0.3, -0.25) is 4.79 Å². The Kier molecular flexibility index (Phi) is 17.6. The van der Waals surface area contributed by atoms with Gasteiger partial charge in [0.05, 0.1) is 0 Å². The molecule has 28 heavy (non-hydrogen) atoms. The predicted molar refractivity (Wildman–Crippen MR) is 124 cm³/mol. The molecule has 1 N–H and O–H groups in total. The molecule has 2 nitrogen and oxygen atoms in total. The summed E-state index contributed by atoms with van der Waals surface area (Å²) in [6, 6.07) is 0.455. The number of rotatable bonds is 16. The van der Waals surface area contributed by atoms with Gasteiger partial charge in [0.1, 0.15) is 0 Å². The quantitative estimate of drug-likeness (QED) is 0.208. The summed E-state index contributed by atoms with van der Waals surface area (Å²) in [6.07, 6.45) is 31.6. The van der Waals surface area contributed by atoms with Gasteiger partial charge in [0.25, 0.3) is 0 Å². The molecule has 0 heterocycles. The Labute approximate surface area is 176 Å². The number of hydrogen-bond donors (Lipinski definition) is 1. The number of amides is 1. The normalized spacial score (nSPS) is 16.2. The van der Waals surface area contributed by atoms with Gasteiger partial charge >= 0.3 is 0 Å². The standard InChI is InChI=1S/C26H49NO/c1-2-3-4-5-6-7-8-9-10-11-12-13-14-18-21-24-26(28)27-25-22-19-16-15-17-20-23-25/h9-10,25H,2-8,11-24H2,1H3,(H,27,28)/b10-9-. The Morgan fingerprint density at radius 3 is 1.82 bits per heavy atom. The van der Waals surface area contributed by atoms with Crippen molar-refractivity contribution in [3.8, 4) is 0 Å². The van der Waals surface area contributed by atoms with Crippen molar-refractivity contribution in [3.63, 3.8) is 0 Å². The van der Waals surface area contributed by atoms with Crippen LogP contribution in [0.2, 0.25) is 0 Å². The van der Waals surface area contributed by atoms with E-state index >= 15 is 0 Å². The summed E-state index contributed by atoms with van der Waals surface area (Å²) in [7, 11) is 0. The monoisotopic (exact) mass is 391 g/mol. The molecule has 1 rings (SSSR count). The second-order valence-electron chi connectivity index (χ2n) is 8.94. The van der Waals surface area contributed by atoms with E-state index in [9.17, 15) is 4.79 Å². The molecule has 1 amide bonds. The lowest BCUT2D eigenvalue weighted by Gasteiger charge is -2.21. The molecular formula is C26H49NO. The van der Waals surface area contributed by atoms with Gasteiger partial charge in [-0.2, -0.15) is 0 Å². The molecular weight excluding hydrogens is 342 g/mol. The Bertz CT molecular complexity index is 369. The van der Waals surface area contributed by atoms with E-state index in [0.717, 1.165) is 12.8 Å². The van der Waals surface area contributed by atoms with Crippen LogP contribution in [0.3, 0.4) is 0 Å². The third-order valence-corrected chi connectivity index (χ3v) is 6.14. The molecule has 0 unspecified atom stereocenters. The van der Waals surface area contributed by atoms with E-state index in [2.05, 4.69) is 24.4 Å². The van der Waals surface area contributed by atoms with Crippen molar-refractivity contribution in [1.29, 1.82) is 0 Å². The molecule has 0 aliphatic heterocycles. The molecule has 0 saturated heterocycles. The third-order valence-electron chi connectivity index (χ3n) is 6.14. The van der Waals surface area contributed by atoms with Crippen LogP contribution in [0.15, 0.2) is 12.2 Å². The third kappa shape index (κ3) is 16.2. The Balaban J connectivity index is 1.84. The van der Waals surface area contributed by atoms with Gasteiger partial charge in [0.15, 0.2) is 0 Å². The first-order valence-electron chi connectivity index (χ1n) is 12.8. The molecule has 164 valence electrons. The van der Waals surface area contributed by atoms with E-state index in [1.165, 1.54) is 122 Å². The van der Waals surface area contributed by atoms with E-state index in [-0.39, 0.29) is 0 Å². The lowest BCUT2D eigenvalue weighted by molar-refractivity contribution is -0.122. The molecule has 1 aliphatic rings. The minimum absolute atomic E-state index is 0.295. The molecule has 0 radical (unpaired) electrons. The number of allylic oxidation sites excluding steroid dienone is 2. The molecule has 1 saturated carbocycles. The van der Waals surface area contributed by atoms with Crippen molar-refractivity contribution in [3.05, 3.63) is 12.2 Å². The number of carbonyl (C=O) groups is 1. The average molecular weight is 392 g/mol. The van der Waals surface area contributed by atoms with Crippen LogP contribution in [-0.2, 0) is 4.79 Å². The molecule has 0 aromatic carbocycles. The minimum atomic E-state index is 0.295. The number of hydrogen-bond acceptors (Lipinski definition) is 1. The van der Waals surface area contributed by atoms with Crippen molar-refractivity contribution in [2.45, 2.75) is 148 Å². The van der Waals surface area contributed by atoms with Crippen LogP contribution < -0.4 is 5.32 Å². The van der Waals surface area contributed by atoms with Gasteiger partial charge in [-0.15, -0.1) is 0 Å². The van der Waals surface area contributed by atoms with E-state index < -0.39 is 0 Å². The van der Waals surface area contributed by atoms with Crippen LogP contribution in [0, 0.1) is 0 Å². The average Bonchev–Trinajstić information content (AvgIpc) is 2.67. The summed E-state index contributed by atoms with van der Waals surface area (Å²) < 4.78 is 0. The van der Waals surface area contributed by atoms with Crippen LogP contribution in [-0.4, -0.2) is 11.9 Å². The molecule has 0 aromatic rings. The molecule has 1 aliphatic carbocycles. The first-order valence-corrected chi connectivity index (χ1v) is 12.8. The van der Waals surface area contributed by atoms with Crippen molar-refractivity contribution < 1.29 is 4.79 Å². The number of nitrogens with one attached hydrogen (secondary N) is 1. The van der Waals surface area contributed by atoms with E-state index in [1.54, 1.807) is 0 Å². The van der Waals surface area contributed by atoms with E-state index in [4.69, 9.17) is 0 Å². The van der Waals surface area contributed by atoms with Crippen LogP contribution >= 0.6 is 0 Å². The van der Waals surface area contributed by atoms with Crippen LogP contribution in [0.5, 0.6) is 0 Å². The highest BCUT2D eigenvalue weighted by atomic mass is 16.1. The zero-order valence-electron chi connectivity index (χ0n) is 19.0. The van der Waals surface area contributed by atoms with Crippen molar-refractivity contribution >= 4 is 5.91 Å². The van der Waals surface area contributed by atoms with Gasteiger partial charge in [0, 0.05) is 12.5 Å². The maximum absolute atomic E-state index is 12.1. The van der Waals surface area contributed by atoms with Crippen LogP contribution in [0.25, 0.3) is 0 Å². The zero-order valence-corrected chi connectivity index (χ0v) is 19.0. The van der Waals surface area contributed by atoms with Gasteiger partial charge in [0.2, 0.25) is 5.91 Å². The van der Waals surface area contributed by atoms with Gasteiger partial charge in [-0.1, -0.05) is 103 Å². The lowest BCUT2D eigenvalue weighted by Crippen LogP contribution is -2.35. The maximum atomic E-state index is 12.1. The largest absolute Gasteiger partial charge is 0.353 e. The summed E-state index contributed by atoms with van der Waals surface area (Å²) in [5.41, 5.74) is 0. The molecule has 2 heteroatoms. The van der Waals surface area contributed by atoms with Crippen molar-refractivity contribution in [2.24, 2.45) is 0 Å². The highest BCUT2D eigenvalue weighted by Gasteiger charge is 2.13. The fourth-order valence-corrected chi connectivity index (χ4v) is 4.26. The predicted octanol–water partition coefficient (Wildman–Crippen LogP) is 8.25. The summed E-state index contributed by atoms with van der Waals surface area (Å²) in [4.78, 5) is 12.1. The van der Waals surface area contributed by atoms with E-state index in [1.807, 2.05) is 0 Å². The first-order chi connectivity index (χ1) is 13.8. The Morgan fingerprint density at radius 1 is 0.714 bits per heavy atom. The fraction of sp³-hybridized carbons (Fsp3) is 0.885. The number of carbonyl (C=O) groups excluding carboxylic acids is 1. The van der Waals surface area contributed by atoms with Crippen LogP contribution in [0.4, 0.5) is 0 Å². The van der Waals surface area contributed by atoms with Crippen molar-refractivity contribution in [2.75, 3.05) is 0 Å². The van der Waals surface area contributed by atoms with Crippen molar-refractivity contribution in [1.82, 2.24) is 5.32 Å². The second kappa shape index (κ2) is 19.5. The van der Waals surface area contributed by atoms with Gasteiger partial charge < -0.3 is 5.32 Å². The molecule has 0 bridgehead atoms. The summed E-state index contributed by atoms with van der Waals surface area (Å²) in [5, 5.41) is 3.29. The Hall–Kier alpha value is -0.790. The SMILES string of the molecule is CCCCCCCC/C=C\CCCCCCCC(=O)NC1CCCCCCC1. The summed E-state index contributed by atoms with van der Waals surface area (Å²) >= 11 is 0. The second-order valence-corrected chi connectivity index (χ2v) is 8.94. The Morgan fingerprint density at radius 2 is 1.21 bits per heavy atom. The molecule has 1 fully saturated rings. The van der Waals surface area contributed by atoms with Crippen LogP contribution in [0.1, 0.15) is 142 Å². The van der Waals surface area contributed by atoms with Gasteiger partial charge in [-0.25, -0.2) is 0 Å². The highest BCUT2D eigenvalue weighted by molar-refractivity contribution is 5.76. The van der Waals surface area contributed by atoms with E-state index in [0.29, 0.717) is 11.9 Å². The smallest absolute Gasteiger partial charge is 0.220 e.